The maximum Gasteiger partial charge on any atom is 0.244 e. The van der Waals surface area contributed by atoms with Gasteiger partial charge in [0.2, 0.25) is 11.8 Å². The van der Waals surface area contributed by atoms with Crippen molar-refractivity contribution >= 4 is 40.7 Å². The van der Waals surface area contributed by atoms with E-state index in [9.17, 15) is 9.59 Å². The summed E-state index contributed by atoms with van der Waals surface area (Å²) in [6.07, 6.45) is 0.982. The Labute approximate surface area is 188 Å². The summed E-state index contributed by atoms with van der Waals surface area (Å²) < 4.78 is 1.96. The molecule has 0 fully saturated rings. The normalized spacial score (nSPS) is 11.1. The SMILES string of the molecule is CCCN(CC(=O)Nc1ccc(Cl)cc1Cl)C(=O)Cc1c(C)nn(CC(C)C)c1C. The molecule has 1 aromatic heterocycles. The minimum atomic E-state index is -0.301. The van der Waals surface area contributed by atoms with Gasteiger partial charge in [-0.3, -0.25) is 14.3 Å². The summed E-state index contributed by atoms with van der Waals surface area (Å²) in [5.74, 6) is 0.0704. The number of amides is 2. The number of rotatable bonds is 9. The third kappa shape index (κ3) is 6.47. The Morgan fingerprint density at radius 1 is 1.23 bits per heavy atom. The van der Waals surface area contributed by atoms with E-state index in [4.69, 9.17) is 23.2 Å². The summed E-state index contributed by atoms with van der Waals surface area (Å²) in [4.78, 5) is 27.1. The minimum absolute atomic E-state index is 0.0378. The number of aryl methyl sites for hydroxylation is 1. The zero-order valence-electron chi connectivity index (χ0n) is 18.3. The number of carbonyl (C=O) groups is 2. The maximum atomic E-state index is 13.0. The smallest absolute Gasteiger partial charge is 0.244 e. The molecule has 0 radical (unpaired) electrons. The molecule has 0 atom stereocenters. The van der Waals surface area contributed by atoms with Gasteiger partial charge < -0.3 is 10.2 Å². The van der Waals surface area contributed by atoms with Crippen LogP contribution in [0.2, 0.25) is 10.0 Å². The van der Waals surface area contributed by atoms with Crippen LogP contribution in [0.15, 0.2) is 18.2 Å². The molecule has 2 amide bonds. The predicted octanol–water partition coefficient (Wildman–Crippen LogP) is 4.88. The molecule has 0 spiro atoms. The van der Waals surface area contributed by atoms with Crippen molar-refractivity contribution in [3.8, 4) is 0 Å². The van der Waals surface area contributed by atoms with E-state index in [1.165, 1.54) is 0 Å². The van der Waals surface area contributed by atoms with Crippen LogP contribution < -0.4 is 5.32 Å². The Hall–Kier alpha value is -2.05. The molecule has 1 heterocycles. The lowest BCUT2D eigenvalue weighted by Crippen LogP contribution is -2.39. The first-order chi connectivity index (χ1) is 14.1. The number of nitrogens with zero attached hydrogens (tertiary/aromatic N) is 3. The fraction of sp³-hybridized carbons (Fsp3) is 0.500. The first-order valence-corrected chi connectivity index (χ1v) is 10.9. The molecule has 164 valence electrons. The van der Waals surface area contributed by atoms with E-state index in [-0.39, 0.29) is 24.8 Å². The van der Waals surface area contributed by atoms with Gasteiger partial charge in [-0.15, -0.1) is 0 Å². The molecule has 0 saturated carbocycles. The highest BCUT2D eigenvalue weighted by molar-refractivity contribution is 6.36. The van der Waals surface area contributed by atoms with E-state index in [1.807, 2.05) is 25.5 Å². The molecule has 30 heavy (non-hydrogen) atoms. The molecule has 0 aliphatic heterocycles. The highest BCUT2D eigenvalue weighted by atomic mass is 35.5. The van der Waals surface area contributed by atoms with Gasteiger partial charge >= 0.3 is 0 Å². The molecule has 0 saturated heterocycles. The fourth-order valence-electron chi connectivity index (χ4n) is 3.29. The summed E-state index contributed by atoms with van der Waals surface area (Å²) in [5, 5.41) is 8.18. The summed E-state index contributed by atoms with van der Waals surface area (Å²) in [5.41, 5.74) is 3.26. The lowest BCUT2D eigenvalue weighted by atomic mass is 10.1. The van der Waals surface area contributed by atoms with Crippen molar-refractivity contribution in [2.75, 3.05) is 18.4 Å². The van der Waals surface area contributed by atoms with Gasteiger partial charge in [-0.2, -0.15) is 5.10 Å². The van der Waals surface area contributed by atoms with Crippen molar-refractivity contribution in [1.29, 1.82) is 0 Å². The molecule has 2 rings (SSSR count). The first kappa shape index (κ1) is 24.2. The largest absolute Gasteiger partial charge is 0.333 e. The van der Waals surface area contributed by atoms with Crippen LogP contribution in [-0.4, -0.2) is 39.6 Å². The minimum Gasteiger partial charge on any atom is -0.333 e. The van der Waals surface area contributed by atoms with E-state index in [1.54, 1.807) is 23.1 Å². The Morgan fingerprint density at radius 3 is 2.53 bits per heavy atom. The van der Waals surface area contributed by atoms with Crippen molar-refractivity contribution in [3.63, 3.8) is 0 Å². The molecular weight excluding hydrogens is 423 g/mol. The number of halogens is 2. The van der Waals surface area contributed by atoms with Crippen LogP contribution >= 0.6 is 23.2 Å². The zero-order valence-corrected chi connectivity index (χ0v) is 19.8. The highest BCUT2D eigenvalue weighted by Crippen LogP contribution is 2.25. The third-order valence-electron chi connectivity index (χ3n) is 4.78. The quantitative estimate of drug-likeness (QED) is 0.588. The third-order valence-corrected chi connectivity index (χ3v) is 5.33. The molecule has 0 aliphatic rings. The van der Waals surface area contributed by atoms with Gasteiger partial charge in [0, 0.05) is 29.4 Å². The number of hydrogen-bond donors (Lipinski definition) is 1. The molecule has 0 bridgehead atoms. The van der Waals surface area contributed by atoms with Gasteiger partial charge in [0.05, 0.1) is 29.4 Å². The second-order valence-corrected chi connectivity index (χ2v) is 8.73. The van der Waals surface area contributed by atoms with Crippen molar-refractivity contribution in [1.82, 2.24) is 14.7 Å². The molecule has 1 aromatic carbocycles. The predicted molar refractivity (Wildman–Crippen MR) is 122 cm³/mol. The van der Waals surface area contributed by atoms with Crippen molar-refractivity contribution < 1.29 is 9.59 Å². The molecule has 0 aliphatic carbocycles. The Balaban J connectivity index is 2.09. The van der Waals surface area contributed by atoms with Gasteiger partial charge in [-0.25, -0.2) is 0 Å². The van der Waals surface area contributed by atoms with E-state index in [0.717, 1.165) is 29.9 Å². The van der Waals surface area contributed by atoms with E-state index in [0.29, 0.717) is 28.2 Å². The molecule has 1 N–H and O–H groups in total. The summed E-state index contributed by atoms with van der Waals surface area (Å²) >= 11 is 12.0. The summed E-state index contributed by atoms with van der Waals surface area (Å²) in [7, 11) is 0. The van der Waals surface area contributed by atoms with E-state index < -0.39 is 0 Å². The van der Waals surface area contributed by atoms with Crippen LogP contribution in [0.3, 0.4) is 0 Å². The lowest BCUT2D eigenvalue weighted by molar-refractivity contribution is -0.134. The van der Waals surface area contributed by atoms with Crippen LogP contribution in [0.4, 0.5) is 5.69 Å². The van der Waals surface area contributed by atoms with E-state index >= 15 is 0 Å². The molecule has 8 heteroatoms. The standard InChI is InChI=1S/C22H30Cl2N4O2/c1-6-9-27(13-21(29)25-20-8-7-17(23)10-19(20)24)22(30)11-18-15(4)26-28(16(18)5)12-14(2)3/h7-8,10,14H,6,9,11-13H2,1-5H3,(H,25,29). The van der Waals surface area contributed by atoms with Gasteiger partial charge in [-0.05, 0) is 44.4 Å². The Kier molecular flexibility index (Phi) is 8.74. The van der Waals surface area contributed by atoms with Gasteiger partial charge in [0.25, 0.3) is 0 Å². The number of anilines is 1. The monoisotopic (exact) mass is 452 g/mol. The summed E-state index contributed by atoms with van der Waals surface area (Å²) in [6.45, 7) is 11.4. The second-order valence-electron chi connectivity index (χ2n) is 7.89. The van der Waals surface area contributed by atoms with Crippen molar-refractivity contribution in [3.05, 3.63) is 45.2 Å². The maximum absolute atomic E-state index is 13.0. The second kappa shape index (κ2) is 10.8. The first-order valence-electron chi connectivity index (χ1n) is 10.2. The van der Waals surface area contributed by atoms with Crippen LogP contribution in [-0.2, 0) is 22.6 Å². The van der Waals surface area contributed by atoms with Crippen molar-refractivity contribution in [2.24, 2.45) is 5.92 Å². The highest BCUT2D eigenvalue weighted by Gasteiger charge is 2.21. The number of carbonyl (C=O) groups excluding carboxylic acids is 2. The number of nitrogens with one attached hydrogen (secondary N) is 1. The van der Waals surface area contributed by atoms with Crippen LogP contribution in [0.1, 0.15) is 44.1 Å². The number of benzene rings is 1. The van der Waals surface area contributed by atoms with Crippen LogP contribution in [0.25, 0.3) is 0 Å². The molecular formula is C22H30Cl2N4O2. The van der Waals surface area contributed by atoms with Crippen LogP contribution in [0, 0.1) is 19.8 Å². The molecule has 2 aromatic rings. The fourth-order valence-corrected chi connectivity index (χ4v) is 3.75. The van der Waals surface area contributed by atoms with Gasteiger partial charge in [0.15, 0.2) is 0 Å². The zero-order chi connectivity index (χ0) is 22.4. The van der Waals surface area contributed by atoms with Crippen molar-refractivity contribution in [2.45, 2.75) is 54.0 Å². The average Bonchev–Trinajstić information content (AvgIpc) is 2.90. The van der Waals surface area contributed by atoms with Gasteiger partial charge in [-0.1, -0.05) is 44.0 Å². The Morgan fingerprint density at radius 2 is 1.93 bits per heavy atom. The topological polar surface area (TPSA) is 67.2 Å². The Bertz CT molecular complexity index is 909. The lowest BCUT2D eigenvalue weighted by Gasteiger charge is -2.22. The summed E-state index contributed by atoms with van der Waals surface area (Å²) in [6, 6.07) is 4.86. The average molecular weight is 453 g/mol. The van der Waals surface area contributed by atoms with E-state index in [2.05, 4.69) is 24.3 Å². The number of aromatic nitrogens is 2. The molecule has 6 nitrogen and oxygen atoms in total. The number of hydrogen-bond acceptors (Lipinski definition) is 3. The van der Waals surface area contributed by atoms with Crippen LogP contribution in [0.5, 0.6) is 0 Å². The molecule has 0 unspecified atom stereocenters. The van der Waals surface area contributed by atoms with Gasteiger partial charge in [0.1, 0.15) is 0 Å².